The van der Waals surface area contributed by atoms with Crippen molar-refractivity contribution in [3.8, 4) is 0 Å². The first kappa shape index (κ1) is 30.5. The highest BCUT2D eigenvalue weighted by atomic mass is 32.2. The molecule has 0 bridgehead atoms. The van der Waals surface area contributed by atoms with Crippen molar-refractivity contribution in [2.45, 2.75) is 53.4 Å². The maximum absolute atomic E-state index is 11.4. The summed E-state index contributed by atoms with van der Waals surface area (Å²) in [4.78, 5) is 22.7. The van der Waals surface area contributed by atoms with Gasteiger partial charge in [-0.05, 0) is 19.4 Å². The van der Waals surface area contributed by atoms with Gasteiger partial charge in [-0.1, -0.05) is 54.6 Å². The molecular formula is C17H34O3S3. The van der Waals surface area contributed by atoms with Gasteiger partial charge in [-0.2, -0.15) is 0 Å². The average Bonchev–Trinajstić information content (AvgIpc) is 2.80. The summed E-state index contributed by atoms with van der Waals surface area (Å²) < 4.78 is 5.52. The lowest BCUT2D eigenvalue weighted by molar-refractivity contribution is -0.138. The first-order chi connectivity index (χ1) is 8.90. The van der Waals surface area contributed by atoms with Crippen molar-refractivity contribution in [3.05, 3.63) is 24.3 Å². The van der Waals surface area contributed by atoms with Gasteiger partial charge < -0.3 is 4.74 Å². The van der Waals surface area contributed by atoms with E-state index in [1.807, 2.05) is 11.8 Å². The first-order valence-corrected chi connectivity index (χ1v) is 8.80. The van der Waals surface area contributed by atoms with E-state index in [1.165, 1.54) is 11.8 Å². The van der Waals surface area contributed by atoms with E-state index in [1.54, 1.807) is 25.6 Å². The van der Waals surface area contributed by atoms with Gasteiger partial charge >= 0.3 is 5.97 Å². The van der Waals surface area contributed by atoms with Crippen molar-refractivity contribution >= 4 is 46.4 Å². The third-order valence-corrected chi connectivity index (χ3v) is 7.04. The number of rotatable bonds is 6. The maximum Gasteiger partial charge on any atom is 0.333 e. The third kappa shape index (κ3) is 11.8. The Kier molecular flexibility index (Phi) is 20.2. The van der Waals surface area contributed by atoms with Crippen LogP contribution >= 0.6 is 35.3 Å². The molecule has 0 aromatic rings. The van der Waals surface area contributed by atoms with Crippen molar-refractivity contribution in [3.63, 3.8) is 0 Å². The molecule has 0 N–H and O–H groups in total. The average molecular weight is 383 g/mol. The van der Waals surface area contributed by atoms with Crippen LogP contribution in [-0.2, 0) is 14.3 Å². The number of hydrogen-bond donors (Lipinski definition) is 0. The molecule has 0 aromatic carbocycles. The Morgan fingerprint density at radius 3 is 2.17 bits per heavy atom. The van der Waals surface area contributed by atoms with Gasteiger partial charge in [0.25, 0.3) is 0 Å². The van der Waals surface area contributed by atoms with Crippen LogP contribution in [0.2, 0.25) is 0 Å². The minimum Gasteiger partial charge on any atom is -0.461 e. The highest BCUT2D eigenvalue weighted by molar-refractivity contribution is 8.22. The van der Waals surface area contributed by atoms with Crippen LogP contribution in [0.3, 0.4) is 0 Å². The predicted molar refractivity (Wildman–Crippen MR) is 113 cm³/mol. The van der Waals surface area contributed by atoms with E-state index >= 15 is 0 Å². The molecular weight excluding hydrogens is 348 g/mol. The van der Waals surface area contributed by atoms with Crippen molar-refractivity contribution in [1.82, 2.24) is 0 Å². The van der Waals surface area contributed by atoms with Crippen molar-refractivity contribution in [2.75, 3.05) is 18.1 Å². The lowest BCUT2D eigenvalue weighted by Crippen LogP contribution is -2.16. The minimum atomic E-state index is -0.333. The first-order valence-electron chi connectivity index (χ1n) is 5.82. The van der Waals surface area contributed by atoms with Gasteiger partial charge in [-0.15, -0.1) is 23.5 Å². The zero-order valence-electron chi connectivity index (χ0n) is 11.1. The number of esters is 1. The monoisotopic (exact) mass is 382 g/mol. The van der Waals surface area contributed by atoms with Gasteiger partial charge in [0.1, 0.15) is 6.61 Å². The summed E-state index contributed by atoms with van der Waals surface area (Å²) in [5.41, 5.74) is 1.01. The van der Waals surface area contributed by atoms with Crippen LogP contribution in [0.25, 0.3) is 0 Å². The van der Waals surface area contributed by atoms with Crippen molar-refractivity contribution < 1.29 is 14.3 Å². The summed E-state index contributed by atoms with van der Waals surface area (Å²) in [6, 6.07) is 0. The molecule has 1 rings (SSSR count). The van der Waals surface area contributed by atoms with Crippen LogP contribution in [0.5, 0.6) is 0 Å². The molecule has 6 heteroatoms. The Hall–Kier alpha value is -0.330. The van der Waals surface area contributed by atoms with Crippen LogP contribution in [-0.4, -0.2) is 39.0 Å². The van der Waals surface area contributed by atoms with Crippen LogP contribution < -0.4 is 0 Å². The Morgan fingerprint density at radius 1 is 1.13 bits per heavy atom. The summed E-state index contributed by atoms with van der Waals surface area (Å²) >= 11 is 4.89. The van der Waals surface area contributed by atoms with E-state index in [9.17, 15) is 9.59 Å². The van der Waals surface area contributed by atoms with E-state index in [4.69, 9.17) is 4.74 Å². The SMILES string of the molecule is C.C.C.C.C=C(C)C(=O)OCC1CSC(CSC(=O)C(=C)C)S1. The maximum atomic E-state index is 11.4. The molecule has 0 aliphatic carbocycles. The molecule has 3 nitrogen and oxygen atoms in total. The van der Waals surface area contributed by atoms with Crippen LogP contribution in [0.1, 0.15) is 43.6 Å². The molecule has 0 spiro atoms. The lowest BCUT2D eigenvalue weighted by atomic mass is 10.4. The zero-order valence-corrected chi connectivity index (χ0v) is 13.6. The van der Waals surface area contributed by atoms with Gasteiger partial charge in [0.2, 0.25) is 5.12 Å². The molecule has 1 aliphatic heterocycles. The standard InChI is InChI=1S/C13H18O3S3.4CH4/c1-8(2)12(14)16-5-10-6-17-11(19-10)7-18-13(15)9(3)4;;;;/h10-11H,1,3,5-7H2,2,4H3;4*1H4. The van der Waals surface area contributed by atoms with E-state index in [2.05, 4.69) is 13.2 Å². The molecule has 1 saturated heterocycles. The number of thioether (sulfide) groups is 3. The van der Waals surface area contributed by atoms with Crippen LogP contribution in [0, 0.1) is 0 Å². The molecule has 1 fully saturated rings. The summed E-state index contributed by atoms with van der Waals surface area (Å²) in [6.07, 6.45) is 0. The van der Waals surface area contributed by atoms with Crippen LogP contribution in [0.15, 0.2) is 24.3 Å². The molecule has 2 atom stereocenters. The Balaban J connectivity index is -0.000000451. The van der Waals surface area contributed by atoms with E-state index in [-0.39, 0.29) is 40.8 Å². The Morgan fingerprint density at radius 2 is 1.70 bits per heavy atom. The summed E-state index contributed by atoms with van der Waals surface area (Å²) in [5, 5.41) is 0.359. The van der Waals surface area contributed by atoms with Gasteiger partial charge in [-0.25, -0.2) is 4.79 Å². The highest BCUT2D eigenvalue weighted by Gasteiger charge is 2.27. The molecule has 0 aromatic heterocycles. The number of carbonyl (C=O) groups excluding carboxylic acids is 2. The van der Waals surface area contributed by atoms with E-state index < -0.39 is 0 Å². The Labute approximate surface area is 156 Å². The fourth-order valence-corrected chi connectivity index (χ4v) is 5.56. The van der Waals surface area contributed by atoms with Gasteiger partial charge in [0, 0.05) is 22.3 Å². The predicted octanol–water partition coefficient (Wildman–Crippen LogP) is 5.66. The largest absolute Gasteiger partial charge is 0.461 e. The second kappa shape index (κ2) is 15.2. The molecule has 138 valence electrons. The number of ether oxygens (including phenoxy) is 1. The highest BCUT2D eigenvalue weighted by Crippen LogP contribution is 2.40. The van der Waals surface area contributed by atoms with Crippen molar-refractivity contribution in [1.29, 1.82) is 0 Å². The third-order valence-electron chi connectivity index (χ3n) is 2.26. The fourth-order valence-electron chi connectivity index (χ4n) is 1.24. The summed E-state index contributed by atoms with van der Waals surface area (Å²) in [6.45, 7) is 11.0. The quantitative estimate of drug-likeness (QED) is 0.436. The zero-order chi connectivity index (χ0) is 14.4. The molecule has 0 saturated carbocycles. The Bertz CT molecular complexity index is 359. The summed E-state index contributed by atoms with van der Waals surface area (Å²) in [7, 11) is 0. The van der Waals surface area contributed by atoms with Crippen molar-refractivity contribution in [2.24, 2.45) is 0 Å². The molecule has 23 heavy (non-hydrogen) atoms. The molecule has 0 amide bonds. The molecule has 1 aliphatic rings. The van der Waals surface area contributed by atoms with E-state index in [0.29, 0.717) is 27.6 Å². The minimum absolute atomic E-state index is 0. The second-order valence-corrected chi connectivity index (χ2v) is 8.31. The van der Waals surface area contributed by atoms with Gasteiger partial charge in [0.15, 0.2) is 0 Å². The molecule has 1 heterocycles. The van der Waals surface area contributed by atoms with Gasteiger partial charge in [-0.3, -0.25) is 4.79 Å². The molecule has 0 radical (unpaired) electrons. The second-order valence-electron chi connectivity index (χ2n) is 4.28. The normalized spacial score (nSPS) is 18.2. The fraction of sp³-hybridized carbons (Fsp3) is 0.647. The van der Waals surface area contributed by atoms with Crippen LogP contribution in [0.4, 0.5) is 0 Å². The topological polar surface area (TPSA) is 43.4 Å². The van der Waals surface area contributed by atoms with Gasteiger partial charge in [0.05, 0.1) is 4.58 Å². The molecule has 2 unspecified atom stereocenters. The van der Waals surface area contributed by atoms with E-state index in [0.717, 1.165) is 11.5 Å². The summed E-state index contributed by atoms with van der Waals surface area (Å²) in [5.74, 6) is 1.38. The lowest BCUT2D eigenvalue weighted by Gasteiger charge is -2.10. The number of carbonyl (C=O) groups is 2. The number of hydrogen-bond acceptors (Lipinski definition) is 6. The smallest absolute Gasteiger partial charge is 0.333 e.